The van der Waals surface area contributed by atoms with Gasteiger partial charge >= 0.3 is 6.09 Å². The summed E-state index contributed by atoms with van der Waals surface area (Å²) in [6.45, 7) is 8.68. The SMILES string of the molecule is CC(C)CC(Cc1ccc(-c2ccc([C@@H](O)[C@@H](CF)NC(=O)C(Cl)Cl)cc2)cn1)NC(=O)OC(C)(C)C. The summed E-state index contributed by atoms with van der Waals surface area (Å²) in [5.41, 5.74) is 2.39. The molecule has 0 aliphatic heterocycles. The molecule has 0 aliphatic carbocycles. The predicted octanol–water partition coefficient (Wildman–Crippen LogP) is 5.52. The zero-order valence-corrected chi connectivity index (χ0v) is 23.3. The van der Waals surface area contributed by atoms with E-state index in [1.165, 1.54) is 0 Å². The zero-order valence-electron chi connectivity index (χ0n) is 21.8. The van der Waals surface area contributed by atoms with E-state index in [9.17, 15) is 19.1 Å². The molecule has 1 aromatic carbocycles. The Balaban J connectivity index is 2.07. The number of halogens is 3. The van der Waals surface area contributed by atoms with Crippen LogP contribution in [0.25, 0.3) is 11.1 Å². The molecule has 0 bridgehead atoms. The highest BCUT2D eigenvalue weighted by Gasteiger charge is 2.25. The number of nitrogens with one attached hydrogen (secondary N) is 2. The minimum Gasteiger partial charge on any atom is -0.444 e. The van der Waals surface area contributed by atoms with Crippen molar-refractivity contribution in [2.45, 2.75) is 76.1 Å². The van der Waals surface area contributed by atoms with Gasteiger partial charge in [0, 0.05) is 29.9 Å². The van der Waals surface area contributed by atoms with Gasteiger partial charge in [0.1, 0.15) is 18.4 Å². The van der Waals surface area contributed by atoms with Gasteiger partial charge in [0.25, 0.3) is 5.91 Å². The van der Waals surface area contributed by atoms with E-state index >= 15 is 0 Å². The van der Waals surface area contributed by atoms with Crippen molar-refractivity contribution >= 4 is 35.2 Å². The molecule has 10 heteroatoms. The first-order chi connectivity index (χ1) is 17.3. The molecule has 1 unspecified atom stereocenters. The van der Waals surface area contributed by atoms with Crippen LogP contribution in [0.1, 0.15) is 58.4 Å². The second-order valence-corrected chi connectivity index (χ2v) is 11.4. The molecule has 3 N–H and O–H groups in total. The van der Waals surface area contributed by atoms with Crippen molar-refractivity contribution in [2.75, 3.05) is 6.67 Å². The Morgan fingerprint density at radius 2 is 1.68 bits per heavy atom. The molecule has 0 fully saturated rings. The lowest BCUT2D eigenvalue weighted by Gasteiger charge is -2.24. The lowest BCUT2D eigenvalue weighted by Crippen LogP contribution is -2.43. The van der Waals surface area contributed by atoms with Gasteiger partial charge in [-0.15, -0.1) is 0 Å². The molecule has 7 nitrogen and oxygen atoms in total. The van der Waals surface area contributed by atoms with Crippen LogP contribution in [0, 0.1) is 5.92 Å². The van der Waals surface area contributed by atoms with Gasteiger partial charge in [-0.3, -0.25) is 9.78 Å². The molecule has 0 saturated carbocycles. The molecule has 1 heterocycles. The number of amides is 2. The fourth-order valence-corrected chi connectivity index (χ4v) is 3.88. The number of benzene rings is 1. The number of pyridine rings is 1. The van der Waals surface area contributed by atoms with Gasteiger partial charge in [0.2, 0.25) is 0 Å². The Hall–Kier alpha value is -2.42. The van der Waals surface area contributed by atoms with Gasteiger partial charge in [-0.1, -0.05) is 67.4 Å². The Kier molecular flexibility index (Phi) is 11.6. The fourth-order valence-electron chi connectivity index (χ4n) is 3.76. The monoisotopic (exact) mass is 555 g/mol. The van der Waals surface area contributed by atoms with Gasteiger partial charge in [0.15, 0.2) is 4.84 Å². The van der Waals surface area contributed by atoms with Crippen molar-refractivity contribution in [2.24, 2.45) is 5.92 Å². The van der Waals surface area contributed by atoms with Crippen molar-refractivity contribution in [1.29, 1.82) is 0 Å². The number of nitrogens with zero attached hydrogens (tertiary/aromatic N) is 1. The molecule has 0 spiro atoms. The lowest BCUT2D eigenvalue weighted by atomic mass is 9.98. The molecule has 37 heavy (non-hydrogen) atoms. The van der Waals surface area contributed by atoms with Crippen molar-refractivity contribution in [1.82, 2.24) is 15.6 Å². The van der Waals surface area contributed by atoms with E-state index in [-0.39, 0.29) is 6.04 Å². The average molecular weight is 557 g/mol. The Labute approximate surface area is 228 Å². The van der Waals surface area contributed by atoms with Gasteiger partial charge < -0.3 is 20.5 Å². The molecular formula is C27H36Cl2FN3O4. The third kappa shape index (κ3) is 10.5. The van der Waals surface area contributed by atoms with Gasteiger partial charge in [0.05, 0.1) is 6.04 Å². The van der Waals surface area contributed by atoms with Crippen molar-refractivity contribution in [3.05, 3.63) is 53.9 Å². The van der Waals surface area contributed by atoms with Crippen LogP contribution in [-0.2, 0) is 16.0 Å². The first kappa shape index (κ1) is 30.8. The normalized spacial score (nSPS) is 14.2. The summed E-state index contributed by atoms with van der Waals surface area (Å²) in [4.78, 5) is 27.1. The number of aliphatic hydroxyl groups excluding tert-OH is 1. The van der Waals surface area contributed by atoms with E-state index in [1.54, 1.807) is 30.5 Å². The van der Waals surface area contributed by atoms with E-state index in [4.69, 9.17) is 27.9 Å². The van der Waals surface area contributed by atoms with Crippen LogP contribution in [-0.4, -0.2) is 51.3 Å². The largest absolute Gasteiger partial charge is 0.444 e. The standard InChI is InChI=1S/C27H36Cl2FN3O4/c1-16(2)12-21(32-26(36)37-27(3,4)5)13-20-11-10-19(15-31-20)17-6-8-18(9-7-17)23(34)22(14-30)33-25(35)24(28)29/h6-11,15-16,21-24,34H,12-14H2,1-5H3,(H,32,36)(H,33,35)/t21?,22-,23-/m1/s1. The molecule has 204 valence electrons. The molecule has 2 amide bonds. The molecule has 3 atom stereocenters. The van der Waals surface area contributed by atoms with Crippen LogP contribution in [0.15, 0.2) is 42.6 Å². The number of hydrogen-bond donors (Lipinski definition) is 3. The summed E-state index contributed by atoms with van der Waals surface area (Å²) >= 11 is 11.0. The topological polar surface area (TPSA) is 101 Å². The molecule has 0 aliphatic rings. The first-order valence-corrected chi connectivity index (χ1v) is 13.0. The number of hydrogen-bond acceptors (Lipinski definition) is 5. The van der Waals surface area contributed by atoms with Crippen molar-refractivity contribution in [3.8, 4) is 11.1 Å². The van der Waals surface area contributed by atoms with Crippen molar-refractivity contribution in [3.63, 3.8) is 0 Å². The highest BCUT2D eigenvalue weighted by atomic mass is 35.5. The molecule has 0 radical (unpaired) electrons. The van der Waals surface area contributed by atoms with Crippen LogP contribution in [0.2, 0.25) is 0 Å². The molecule has 2 rings (SSSR count). The summed E-state index contributed by atoms with van der Waals surface area (Å²) < 4.78 is 18.8. The lowest BCUT2D eigenvalue weighted by molar-refractivity contribution is -0.121. The average Bonchev–Trinajstić information content (AvgIpc) is 2.80. The van der Waals surface area contributed by atoms with E-state index in [2.05, 4.69) is 29.5 Å². The number of carbonyl (C=O) groups excluding carboxylic acids is 2. The number of ether oxygens (including phenoxy) is 1. The van der Waals surface area contributed by atoms with Gasteiger partial charge in [-0.05, 0) is 50.3 Å². The number of alkyl carbamates (subject to hydrolysis) is 1. The summed E-state index contributed by atoms with van der Waals surface area (Å²) in [5, 5.41) is 15.7. The van der Waals surface area contributed by atoms with Crippen LogP contribution >= 0.6 is 23.2 Å². The number of alkyl halides is 3. The number of aliphatic hydroxyl groups is 1. The maximum absolute atomic E-state index is 13.4. The highest BCUT2D eigenvalue weighted by Crippen LogP contribution is 2.24. The van der Waals surface area contributed by atoms with E-state index in [1.807, 2.05) is 32.9 Å². The third-order valence-corrected chi connectivity index (χ3v) is 5.81. The Bertz CT molecular complexity index is 1010. The highest BCUT2D eigenvalue weighted by molar-refractivity contribution is 6.53. The first-order valence-electron chi connectivity index (χ1n) is 12.2. The summed E-state index contributed by atoms with van der Waals surface area (Å²) in [6, 6.07) is 9.42. The molecule has 1 aromatic heterocycles. The van der Waals surface area contributed by atoms with Gasteiger partial charge in [-0.2, -0.15) is 0 Å². The molecular weight excluding hydrogens is 520 g/mol. The second kappa shape index (κ2) is 13.9. The van der Waals surface area contributed by atoms with E-state index in [0.717, 1.165) is 23.2 Å². The van der Waals surface area contributed by atoms with Crippen LogP contribution in [0.3, 0.4) is 0 Å². The summed E-state index contributed by atoms with van der Waals surface area (Å²) in [7, 11) is 0. The minimum absolute atomic E-state index is 0.120. The Morgan fingerprint density at radius 1 is 1.05 bits per heavy atom. The maximum Gasteiger partial charge on any atom is 0.407 e. The van der Waals surface area contributed by atoms with Crippen LogP contribution < -0.4 is 10.6 Å². The minimum atomic E-state index is -1.35. The van der Waals surface area contributed by atoms with Crippen LogP contribution in [0.5, 0.6) is 0 Å². The number of carbonyl (C=O) groups is 2. The Morgan fingerprint density at radius 3 is 2.16 bits per heavy atom. The molecule has 0 saturated heterocycles. The number of aromatic nitrogens is 1. The smallest absolute Gasteiger partial charge is 0.407 e. The van der Waals surface area contributed by atoms with E-state index in [0.29, 0.717) is 17.9 Å². The van der Waals surface area contributed by atoms with Crippen molar-refractivity contribution < 1.29 is 23.8 Å². The quantitative estimate of drug-likeness (QED) is 0.317. The predicted molar refractivity (Wildman–Crippen MR) is 144 cm³/mol. The van der Waals surface area contributed by atoms with E-state index < -0.39 is 41.3 Å². The second-order valence-electron chi connectivity index (χ2n) is 10.4. The van der Waals surface area contributed by atoms with Crippen LogP contribution in [0.4, 0.5) is 9.18 Å². The fraction of sp³-hybridized carbons (Fsp3) is 0.519. The number of rotatable bonds is 11. The molecule has 2 aromatic rings. The summed E-state index contributed by atoms with van der Waals surface area (Å²) in [6.07, 6.45) is 1.36. The van der Waals surface area contributed by atoms with Gasteiger partial charge in [-0.25, -0.2) is 9.18 Å². The third-order valence-electron chi connectivity index (χ3n) is 5.42. The summed E-state index contributed by atoms with van der Waals surface area (Å²) in [5.74, 6) is -0.394. The maximum atomic E-state index is 13.4. The zero-order chi connectivity index (χ0) is 27.8.